The highest BCUT2D eigenvalue weighted by Crippen LogP contribution is 2.29. The van der Waals surface area contributed by atoms with Crippen molar-refractivity contribution in [3.63, 3.8) is 0 Å². The van der Waals surface area contributed by atoms with Crippen LogP contribution >= 0.6 is 11.3 Å². The maximum Gasteiger partial charge on any atom is 0.0907 e. The molecule has 4 N–H and O–H groups in total. The first kappa shape index (κ1) is 13.1. The Morgan fingerprint density at radius 3 is 2.83 bits per heavy atom. The summed E-state index contributed by atoms with van der Waals surface area (Å²) in [7, 11) is 0. The number of benzene rings is 1. The van der Waals surface area contributed by atoms with E-state index < -0.39 is 0 Å². The first-order valence-electron chi connectivity index (χ1n) is 6.06. The molecule has 0 fully saturated rings. The van der Waals surface area contributed by atoms with Crippen LogP contribution in [-0.2, 0) is 0 Å². The Kier molecular flexibility index (Phi) is 3.73. The van der Waals surface area contributed by atoms with E-state index in [0.29, 0.717) is 12.2 Å². The second-order valence-electron chi connectivity index (χ2n) is 4.83. The number of fused-ring (bicyclic) bond motifs is 1. The van der Waals surface area contributed by atoms with Crippen molar-refractivity contribution in [1.82, 2.24) is 4.98 Å². The monoisotopic (exact) mass is 265 g/mol. The first-order valence-corrected chi connectivity index (χ1v) is 6.87. The number of nitrogen functional groups attached to an aromatic ring is 1. The molecule has 0 amide bonds. The highest BCUT2D eigenvalue weighted by atomic mass is 32.1. The van der Waals surface area contributed by atoms with Gasteiger partial charge in [0.25, 0.3) is 0 Å². The number of hydrogen-bond donors (Lipinski definition) is 3. The molecule has 1 heterocycles. The van der Waals surface area contributed by atoms with Crippen LogP contribution in [0.25, 0.3) is 10.2 Å². The molecule has 4 nitrogen and oxygen atoms in total. The van der Waals surface area contributed by atoms with E-state index in [-0.39, 0.29) is 12.0 Å². The molecule has 0 aliphatic rings. The van der Waals surface area contributed by atoms with Crippen molar-refractivity contribution >= 4 is 32.9 Å². The van der Waals surface area contributed by atoms with E-state index in [1.807, 2.05) is 32.9 Å². The third-order valence-electron chi connectivity index (χ3n) is 2.94. The summed E-state index contributed by atoms with van der Waals surface area (Å²) in [5.41, 5.74) is 8.48. The standard InChI is InChI=1S/C13H19N3OS/c1-7(2)12(17)6-15-10-5-11-13(4-9(10)14)18-8(3)16-11/h4-5,7,12,15,17H,6,14H2,1-3H3. The summed E-state index contributed by atoms with van der Waals surface area (Å²) in [5, 5.41) is 14.0. The molecule has 1 atom stereocenters. The maximum atomic E-state index is 9.78. The molecule has 2 rings (SSSR count). The fraction of sp³-hybridized carbons (Fsp3) is 0.462. The Bertz CT molecular complexity index is 550. The Hall–Kier alpha value is -1.33. The number of aliphatic hydroxyl groups is 1. The number of hydrogen-bond acceptors (Lipinski definition) is 5. The number of anilines is 2. The third kappa shape index (κ3) is 2.73. The van der Waals surface area contributed by atoms with Crippen molar-refractivity contribution in [2.45, 2.75) is 26.9 Å². The van der Waals surface area contributed by atoms with Crippen molar-refractivity contribution in [3.05, 3.63) is 17.1 Å². The van der Waals surface area contributed by atoms with Crippen molar-refractivity contribution in [2.75, 3.05) is 17.6 Å². The van der Waals surface area contributed by atoms with Gasteiger partial charge in [-0.15, -0.1) is 11.3 Å². The smallest absolute Gasteiger partial charge is 0.0907 e. The summed E-state index contributed by atoms with van der Waals surface area (Å²) in [4.78, 5) is 4.44. The summed E-state index contributed by atoms with van der Waals surface area (Å²) < 4.78 is 1.10. The zero-order valence-corrected chi connectivity index (χ0v) is 11.7. The molecule has 1 aromatic heterocycles. The second-order valence-corrected chi connectivity index (χ2v) is 6.07. The predicted molar refractivity (Wildman–Crippen MR) is 78.1 cm³/mol. The number of nitrogens with zero attached hydrogens (tertiary/aromatic N) is 1. The lowest BCUT2D eigenvalue weighted by Gasteiger charge is -2.16. The highest BCUT2D eigenvalue weighted by molar-refractivity contribution is 7.18. The average Bonchev–Trinajstić information content (AvgIpc) is 2.64. The zero-order chi connectivity index (χ0) is 13.3. The summed E-state index contributed by atoms with van der Waals surface area (Å²) in [5.74, 6) is 0.226. The van der Waals surface area contributed by atoms with Gasteiger partial charge in [0.1, 0.15) is 0 Å². The van der Waals surface area contributed by atoms with E-state index in [1.54, 1.807) is 11.3 Å². The van der Waals surface area contributed by atoms with Crippen LogP contribution in [-0.4, -0.2) is 22.7 Å². The molecule has 0 spiro atoms. The van der Waals surface area contributed by atoms with Crippen molar-refractivity contribution in [3.8, 4) is 0 Å². The fourth-order valence-corrected chi connectivity index (χ4v) is 2.57. The summed E-state index contributed by atoms with van der Waals surface area (Å²) in [6.45, 7) is 6.46. The molecule has 2 aromatic rings. The van der Waals surface area contributed by atoms with E-state index in [9.17, 15) is 5.11 Å². The number of thiazole rings is 1. The second kappa shape index (κ2) is 5.12. The molecule has 0 aliphatic heterocycles. The minimum absolute atomic E-state index is 0.226. The van der Waals surface area contributed by atoms with Gasteiger partial charge in [0, 0.05) is 6.54 Å². The number of aromatic nitrogens is 1. The van der Waals surface area contributed by atoms with Gasteiger partial charge in [-0.25, -0.2) is 4.98 Å². The Morgan fingerprint density at radius 1 is 1.44 bits per heavy atom. The number of aliphatic hydroxyl groups excluding tert-OH is 1. The van der Waals surface area contributed by atoms with Crippen LogP contribution in [0.15, 0.2) is 12.1 Å². The summed E-state index contributed by atoms with van der Waals surface area (Å²) in [6.07, 6.45) is -0.378. The normalized spacial score (nSPS) is 13.2. The molecule has 18 heavy (non-hydrogen) atoms. The quantitative estimate of drug-likeness (QED) is 0.743. The lowest BCUT2D eigenvalue weighted by Crippen LogP contribution is -2.25. The van der Waals surface area contributed by atoms with Crippen LogP contribution in [0.2, 0.25) is 0 Å². The zero-order valence-electron chi connectivity index (χ0n) is 10.9. The van der Waals surface area contributed by atoms with Gasteiger partial charge >= 0.3 is 0 Å². The van der Waals surface area contributed by atoms with Gasteiger partial charge in [-0.3, -0.25) is 0 Å². The number of rotatable bonds is 4. The minimum atomic E-state index is -0.378. The van der Waals surface area contributed by atoms with Crippen LogP contribution in [0.3, 0.4) is 0 Å². The van der Waals surface area contributed by atoms with Gasteiger partial charge in [-0.1, -0.05) is 13.8 Å². The first-order chi connectivity index (χ1) is 8.47. The molecular weight excluding hydrogens is 246 g/mol. The maximum absolute atomic E-state index is 9.78. The van der Waals surface area contributed by atoms with E-state index in [1.165, 1.54) is 0 Å². The number of nitrogens with one attached hydrogen (secondary N) is 1. The van der Waals surface area contributed by atoms with Crippen LogP contribution in [0.4, 0.5) is 11.4 Å². The summed E-state index contributed by atoms with van der Waals surface area (Å²) >= 11 is 1.64. The van der Waals surface area contributed by atoms with Crippen molar-refractivity contribution < 1.29 is 5.11 Å². The van der Waals surface area contributed by atoms with E-state index >= 15 is 0 Å². The Balaban J connectivity index is 2.20. The molecular formula is C13H19N3OS. The van der Waals surface area contributed by atoms with Gasteiger partial charge < -0.3 is 16.2 Å². The molecule has 1 unspecified atom stereocenters. The van der Waals surface area contributed by atoms with Crippen LogP contribution < -0.4 is 11.1 Å². The molecule has 0 radical (unpaired) electrons. The van der Waals surface area contributed by atoms with Crippen molar-refractivity contribution in [1.29, 1.82) is 0 Å². The van der Waals surface area contributed by atoms with Gasteiger partial charge in [0.2, 0.25) is 0 Å². The van der Waals surface area contributed by atoms with E-state index in [0.717, 1.165) is 20.9 Å². The fourth-order valence-electron chi connectivity index (χ4n) is 1.71. The molecule has 0 saturated carbocycles. The minimum Gasteiger partial charge on any atom is -0.397 e. The van der Waals surface area contributed by atoms with Gasteiger partial charge in [-0.05, 0) is 25.0 Å². The number of nitrogens with two attached hydrogens (primary N) is 1. The molecule has 0 saturated heterocycles. The summed E-state index contributed by atoms with van der Waals surface area (Å²) in [6, 6.07) is 3.88. The lowest BCUT2D eigenvalue weighted by molar-refractivity contribution is 0.138. The van der Waals surface area contributed by atoms with Crippen molar-refractivity contribution in [2.24, 2.45) is 5.92 Å². The van der Waals surface area contributed by atoms with E-state index in [2.05, 4.69) is 10.3 Å². The Labute approximate surface area is 111 Å². The number of aryl methyl sites for hydroxylation is 1. The van der Waals surface area contributed by atoms with E-state index in [4.69, 9.17) is 5.73 Å². The van der Waals surface area contributed by atoms with Crippen LogP contribution in [0.1, 0.15) is 18.9 Å². The highest BCUT2D eigenvalue weighted by Gasteiger charge is 2.11. The van der Waals surface area contributed by atoms with Gasteiger partial charge in [0.15, 0.2) is 0 Å². The van der Waals surface area contributed by atoms with Gasteiger partial charge in [0.05, 0.1) is 32.7 Å². The average molecular weight is 265 g/mol. The molecule has 1 aromatic carbocycles. The Morgan fingerprint density at radius 2 is 2.17 bits per heavy atom. The molecule has 0 bridgehead atoms. The van der Waals surface area contributed by atoms with Gasteiger partial charge in [-0.2, -0.15) is 0 Å². The van der Waals surface area contributed by atoms with Crippen LogP contribution in [0, 0.1) is 12.8 Å². The molecule has 98 valence electrons. The SMILES string of the molecule is Cc1nc2cc(NCC(O)C(C)C)c(N)cc2s1. The predicted octanol–water partition coefficient (Wildman–Crippen LogP) is 2.62. The lowest BCUT2D eigenvalue weighted by atomic mass is 10.1. The molecule has 5 heteroatoms. The molecule has 0 aliphatic carbocycles. The largest absolute Gasteiger partial charge is 0.397 e. The van der Waals surface area contributed by atoms with Crippen LogP contribution in [0.5, 0.6) is 0 Å². The third-order valence-corrected chi connectivity index (χ3v) is 3.87. The topological polar surface area (TPSA) is 71.2 Å².